The van der Waals surface area contributed by atoms with Gasteiger partial charge in [-0.05, 0) is 25.0 Å². The van der Waals surface area contributed by atoms with Crippen LogP contribution in [0.25, 0.3) is 21.5 Å². The minimum atomic E-state index is -0.193. The van der Waals surface area contributed by atoms with E-state index >= 15 is 0 Å². The number of H-pyrrole nitrogens is 2. The quantitative estimate of drug-likeness (QED) is 0.604. The van der Waals surface area contributed by atoms with Crippen LogP contribution < -0.4 is 11.1 Å². The van der Waals surface area contributed by atoms with Crippen LogP contribution in [0.1, 0.15) is 11.4 Å². The molecule has 0 atom stereocenters. The van der Waals surface area contributed by atoms with Crippen molar-refractivity contribution in [2.24, 2.45) is 0 Å². The molecule has 2 aromatic heterocycles. The number of aromatic nitrogens is 4. The maximum Gasteiger partial charge on any atom is 0.272 e. The fourth-order valence-electron chi connectivity index (χ4n) is 2.96. The van der Waals surface area contributed by atoms with E-state index in [4.69, 9.17) is 0 Å². The predicted octanol–water partition coefficient (Wildman–Crippen LogP) is 1.94. The summed E-state index contributed by atoms with van der Waals surface area (Å²) < 4.78 is 0. The summed E-state index contributed by atoms with van der Waals surface area (Å²) in [4.78, 5) is 23.7. The number of hydrogen-bond donors (Lipinski definition) is 2. The molecule has 0 aliphatic heterocycles. The number of rotatable bonds is 3. The largest absolute Gasteiger partial charge is 0.272 e. The molecule has 6 heteroatoms. The van der Waals surface area contributed by atoms with E-state index in [1.807, 2.05) is 36.4 Å². The van der Waals surface area contributed by atoms with Crippen LogP contribution in [0, 0.1) is 0 Å². The Morgan fingerprint density at radius 3 is 1.42 bits per heavy atom. The molecule has 4 aromatic rings. The third kappa shape index (κ3) is 2.38. The van der Waals surface area contributed by atoms with Gasteiger partial charge >= 0.3 is 0 Å². The van der Waals surface area contributed by atoms with Crippen molar-refractivity contribution in [2.45, 2.75) is 12.8 Å². The second kappa shape index (κ2) is 5.73. The van der Waals surface area contributed by atoms with Gasteiger partial charge in [0.2, 0.25) is 0 Å². The molecule has 6 nitrogen and oxygen atoms in total. The summed E-state index contributed by atoms with van der Waals surface area (Å²) >= 11 is 0. The van der Waals surface area contributed by atoms with Gasteiger partial charge in [0.15, 0.2) is 0 Å². The van der Waals surface area contributed by atoms with Crippen LogP contribution in [-0.4, -0.2) is 20.4 Å². The van der Waals surface area contributed by atoms with E-state index in [2.05, 4.69) is 20.4 Å². The Morgan fingerprint density at radius 2 is 1.00 bits per heavy atom. The smallest absolute Gasteiger partial charge is 0.267 e. The molecule has 2 heterocycles. The lowest BCUT2D eigenvalue weighted by Crippen LogP contribution is -2.13. The average molecular weight is 318 g/mol. The minimum absolute atomic E-state index is 0.193. The molecule has 0 spiro atoms. The van der Waals surface area contributed by atoms with Crippen LogP contribution >= 0.6 is 0 Å². The molecule has 4 rings (SSSR count). The highest BCUT2D eigenvalue weighted by molar-refractivity contribution is 5.84. The van der Waals surface area contributed by atoms with E-state index in [1.54, 1.807) is 12.1 Å². The van der Waals surface area contributed by atoms with Crippen molar-refractivity contribution in [3.05, 3.63) is 80.6 Å². The molecular weight excluding hydrogens is 304 g/mol. The second-order valence-electron chi connectivity index (χ2n) is 5.59. The summed E-state index contributed by atoms with van der Waals surface area (Å²) in [6.45, 7) is 0. The molecule has 2 aromatic carbocycles. The first-order chi connectivity index (χ1) is 11.7. The van der Waals surface area contributed by atoms with E-state index in [1.165, 1.54) is 0 Å². The number of aromatic amines is 2. The standard InChI is InChI=1S/C18H14N4O2/c23-17-13-7-3-1-5-11(13)15(19-21-17)9-10-16-12-6-2-4-8-14(12)18(24)22-20-16/h1-8H,9-10H2,(H,21,23)(H,22,24). The van der Waals surface area contributed by atoms with Gasteiger partial charge < -0.3 is 0 Å². The summed E-state index contributed by atoms with van der Waals surface area (Å²) in [7, 11) is 0. The SMILES string of the molecule is O=c1[nH]nc(CCc2n[nH]c(=O)c3ccccc23)c2ccccc12. The molecule has 24 heavy (non-hydrogen) atoms. The third-order valence-electron chi connectivity index (χ3n) is 4.15. The lowest BCUT2D eigenvalue weighted by Gasteiger charge is -2.06. The minimum Gasteiger partial charge on any atom is -0.267 e. The summed E-state index contributed by atoms with van der Waals surface area (Å²) in [6, 6.07) is 14.8. The van der Waals surface area contributed by atoms with Gasteiger partial charge in [-0.25, -0.2) is 10.2 Å². The Balaban J connectivity index is 1.74. The Morgan fingerprint density at radius 1 is 0.625 bits per heavy atom. The van der Waals surface area contributed by atoms with Crippen LogP contribution in [0.15, 0.2) is 58.1 Å². The zero-order chi connectivity index (χ0) is 16.5. The fraction of sp³-hybridized carbons (Fsp3) is 0.111. The van der Waals surface area contributed by atoms with Gasteiger partial charge in [-0.3, -0.25) is 9.59 Å². The second-order valence-corrected chi connectivity index (χ2v) is 5.59. The number of hydrogen-bond acceptors (Lipinski definition) is 4. The van der Waals surface area contributed by atoms with Gasteiger partial charge in [0.1, 0.15) is 0 Å². The van der Waals surface area contributed by atoms with Crippen LogP contribution in [0.4, 0.5) is 0 Å². The Labute approximate surface area is 136 Å². The highest BCUT2D eigenvalue weighted by Crippen LogP contribution is 2.17. The highest BCUT2D eigenvalue weighted by atomic mass is 16.1. The fourth-order valence-corrected chi connectivity index (χ4v) is 2.96. The molecule has 0 saturated heterocycles. The predicted molar refractivity (Wildman–Crippen MR) is 92.1 cm³/mol. The molecule has 0 unspecified atom stereocenters. The molecule has 2 N–H and O–H groups in total. The van der Waals surface area contributed by atoms with Gasteiger partial charge in [0.05, 0.1) is 22.2 Å². The van der Waals surface area contributed by atoms with Gasteiger partial charge in [-0.2, -0.15) is 10.2 Å². The van der Waals surface area contributed by atoms with Crippen molar-refractivity contribution in [3.63, 3.8) is 0 Å². The lowest BCUT2D eigenvalue weighted by atomic mass is 10.0. The Kier molecular flexibility index (Phi) is 3.42. The molecule has 0 aliphatic carbocycles. The van der Waals surface area contributed by atoms with Gasteiger partial charge in [0, 0.05) is 10.8 Å². The maximum atomic E-state index is 11.8. The first-order valence-electron chi connectivity index (χ1n) is 7.66. The molecule has 118 valence electrons. The molecule has 0 radical (unpaired) electrons. The summed E-state index contributed by atoms with van der Waals surface area (Å²) in [5, 5.41) is 16.4. The first kappa shape index (κ1) is 14.3. The lowest BCUT2D eigenvalue weighted by molar-refractivity contribution is 0.824. The highest BCUT2D eigenvalue weighted by Gasteiger charge is 2.09. The van der Waals surface area contributed by atoms with Gasteiger partial charge in [-0.1, -0.05) is 36.4 Å². The monoisotopic (exact) mass is 318 g/mol. The van der Waals surface area contributed by atoms with Crippen LogP contribution in [0.3, 0.4) is 0 Å². The Bertz CT molecular complexity index is 1070. The van der Waals surface area contributed by atoms with Crippen molar-refractivity contribution < 1.29 is 0 Å². The van der Waals surface area contributed by atoms with Gasteiger partial charge in [-0.15, -0.1) is 0 Å². The summed E-state index contributed by atoms with van der Waals surface area (Å²) in [5.41, 5.74) is 1.23. The zero-order valence-electron chi connectivity index (χ0n) is 12.7. The first-order valence-corrected chi connectivity index (χ1v) is 7.66. The number of nitrogens with zero attached hydrogens (tertiary/aromatic N) is 2. The molecule has 0 amide bonds. The summed E-state index contributed by atoms with van der Waals surface area (Å²) in [5.74, 6) is 0. The van der Waals surface area contributed by atoms with Crippen LogP contribution in [-0.2, 0) is 12.8 Å². The van der Waals surface area contributed by atoms with Crippen molar-refractivity contribution in [1.82, 2.24) is 20.4 Å². The van der Waals surface area contributed by atoms with Crippen molar-refractivity contribution in [3.8, 4) is 0 Å². The summed E-state index contributed by atoms with van der Waals surface area (Å²) in [6.07, 6.45) is 1.22. The van der Waals surface area contributed by atoms with Crippen LogP contribution in [0.5, 0.6) is 0 Å². The average Bonchev–Trinajstić information content (AvgIpc) is 2.63. The van der Waals surface area contributed by atoms with Gasteiger partial charge in [0.25, 0.3) is 11.1 Å². The van der Waals surface area contributed by atoms with E-state index in [-0.39, 0.29) is 11.1 Å². The number of benzene rings is 2. The van der Waals surface area contributed by atoms with Crippen molar-refractivity contribution in [2.75, 3.05) is 0 Å². The molecular formula is C18H14N4O2. The molecule has 0 fully saturated rings. The zero-order valence-corrected chi connectivity index (χ0v) is 12.7. The Hall–Kier alpha value is -3.28. The molecule has 0 bridgehead atoms. The van der Waals surface area contributed by atoms with Crippen LogP contribution in [0.2, 0.25) is 0 Å². The van der Waals surface area contributed by atoms with Crippen molar-refractivity contribution >= 4 is 21.5 Å². The number of aryl methyl sites for hydroxylation is 2. The number of nitrogens with one attached hydrogen (secondary N) is 2. The number of fused-ring (bicyclic) bond motifs is 2. The normalized spacial score (nSPS) is 11.2. The van der Waals surface area contributed by atoms with E-state index < -0.39 is 0 Å². The van der Waals surface area contributed by atoms with E-state index in [9.17, 15) is 9.59 Å². The van der Waals surface area contributed by atoms with E-state index in [0.717, 1.165) is 22.2 Å². The van der Waals surface area contributed by atoms with E-state index in [0.29, 0.717) is 23.6 Å². The molecule has 0 aliphatic rings. The maximum absolute atomic E-state index is 11.8. The third-order valence-corrected chi connectivity index (χ3v) is 4.15. The van der Waals surface area contributed by atoms with Crippen molar-refractivity contribution in [1.29, 1.82) is 0 Å². The topological polar surface area (TPSA) is 91.5 Å². The molecule has 0 saturated carbocycles.